The summed E-state index contributed by atoms with van der Waals surface area (Å²) in [7, 11) is 0. The molecule has 62 valence electrons. The highest BCUT2D eigenvalue weighted by Gasteiger charge is 2.10. The van der Waals surface area contributed by atoms with Gasteiger partial charge in [0.2, 0.25) is 0 Å². The number of aromatic nitrogens is 2. The lowest BCUT2D eigenvalue weighted by Gasteiger charge is -2.03. The van der Waals surface area contributed by atoms with Crippen molar-refractivity contribution in [2.24, 2.45) is 5.90 Å². The predicted octanol–water partition coefficient (Wildman–Crippen LogP) is 0.218. The molecule has 1 heterocycles. The van der Waals surface area contributed by atoms with Crippen LogP contribution in [-0.2, 0) is 0 Å². The van der Waals surface area contributed by atoms with E-state index in [-0.39, 0.29) is 5.88 Å². The van der Waals surface area contributed by atoms with Gasteiger partial charge in [-0.3, -0.25) is 0 Å². The van der Waals surface area contributed by atoms with Crippen LogP contribution in [0.1, 0.15) is 16.8 Å². The van der Waals surface area contributed by atoms with Crippen LogP contribution in [0.3, 0.4) is 0 Å². The molecule has 0 unspecified atom stereocenters. The van der Waals surface area contributed by atoms with Crippen LogP contribution in [0, 0.1) is 25.2 Å². The second-order valence-electron chi connectivity index (χ2n) is 2.32. The lowest BCUT2D eigenvalue weighted by Crippen LogP contribution is -2.08. The minimum absolute atomic E-state index is 0.0700. The van der Waals surface area contributed by atoms with Crippen molar-refractivity contribution in [2.45, 2.75) is 13.8 Å². The van der Waals surface area contributed by atoms with Gasteiger partial charge in [0.05, 0.1) is 5.69 Å². The average molecular weight is 164 g/mol. The molecular formula is C7H8N4O. The molecule has 1 aromatic heterocycles. The van der Waals surface area contributed by atoms with Gasteiger partial charge in [0.25, 0.3) is 5.88 Å². The van der Waals surface area contributed by atoms with Gasteiger partial charge in [0.1, 0.15) is 11.6 Å². The Bertz CT molecular complexity index is 342. The maximum absolute atomic E-state index is 8.70. The quantitative estimate of drug-likeness (QED) is 0.600. The van der Waals surface area contributed by atoms with Crippen molar-refractivity contribution < 1.29 is 4.84 Å². The number of rotatable bonds is 1. The zero-order valence-corrected chi connectivity index (χ0v) is 6.83. The fourth-order valence-electron chi connectivity index (χ4n) is 0.801. The normalized spacial score (nSPS) is 9.17. The molecule has 2 N–H and O–H groups in total. The summed E-state index contributed by atoms with van der Waals surface area (Å²) in [6.07, 6.45) is 0. The number of nitrogens with two attached hydrogens (primary N) is 1. The Hall–Kier alpha value is -1.67. The Balaban J connectivity index is 3.38. The molecule has 0 aliphatic carbocycles. The molecule has 1 aromatic rings. The van der Waals surface area contributed by atoms with Crippen LogP contribution in [0.5, 0.6) is 5.88 Å². The number of aryl methyl sites for hydroxylation is 1. The Kier molecular flexibility index (Phi) is 2.21. The number of nitriles is 1. The monoisotopic (exact) mass is 164 g/mol. The molecule has 1 rings (SSSR count). The number of hydrogen-bond acceptors (Lipinski definition) is 5. The van der Waals surface area contributed by atoms with Gasteiger partial charge in [-0.15, -0.1) is 5.10 Å². The smallest absolute Gasteiger partial charge is 0.274 e. The van der Waals surface area contributed by atoms with Crippen LogP contribution in [0.4, 0.5) is 0 Å². The molecule has 0 saturated carbocycles. The zero-order chi connectivity index (χ0) is 9.14. The first-order valence-corrected chi connectivity index (χ1v) is 3.31. The van der Waals surface area contributed by atoms with Gasteiger partial charge < -0.3 is 4.84 Å². The van der Waals surface area contributed by atoms with Crippen molar-refractivity contribution in [3.05, 3.63) is 16.8 Å². The van der Waals surface area contributed by atoms with E-state index in [0.29, 0.717) is 11.3 Å². The van der Waals surface area contributed by atoms with Gasteiger partial charge in [0.15, 0.2) is 0 Å². The van der Waals surface area contributed by atoms with Crippen molar-refractivity contribution in [3.63, 3.8) is 0 Å². The summed E-state index contributed by atoms with van der Waals surface area (Å²) in [4.78, 5) is 4.38. The van der Waals surface area contributed by atoms with Crippen LogP contribution >= 0.6 is 0 Å². The molecule has 0 spiro atoms. The van der Waals surface area contributed by atoms with E-state index in [1.807, 2.05) is 6.07 Å². The second-order valence-corrected chi connectivity index (χ2v) is 2.32. The highest BCUT2D eigenvalue weighted by Crippen LogP contribution is 2.17. The summed E-state index contributed by atoms with van der Waals surface area (Å²) >= 11 is 0. The fraction of sp³-hybridized carbons (Fsp3) is 0.286. The van der Waals surface area contributed by atoms with Gasteiger partial charge >= 0.3 is 0 Å². The van der Waals surface area contributed by atoms with Crippen LogP contribution in [0.25, 0.3) is 0 Å². The van der Waals surface area contributed by atoms with Crippen molar-refractivity contribution >= 4 is 0 Å². The van der Waals surface area contributed by atoms with Gasteiger partial charge in [-0.1, -0.05) is 0 Å². The van der Waals surface area contributed by atoms with E-state index in [1.165, 1.54) is 0 Å². The number of hydrogen-bond donors (Lipinski definition) is 1. The Morgan fingerprint density at radius 1 is 1.42 bits per heavy atom. The first-order valence-electron chi connectivity index (χ1n) is 3.31. The lowest BCUT2D eigenvalue weighted by molar-refractivity contribution is 0.314. The Labute approximate surface area is 69.7 Å². The molecule has 0 radical (unpaired) electrons. The molecule has 0 bridgehead atoms. The third kappa shape index (κ3) is 1.20. The zero-order valence-electron chi connectivity index (χ0n) is 6.83. The van der Waals surface area contributed by atoms with Crippen molar-refractivity contribution in [1.29, 1.82) is 5.26 Å². The molecule has 0 saturated heterocycles. The third-order valence-electron chi connectivity index (χ3n) is 1.65. The van der Waals surface area contributed by atoms with E-state index in [0.717, 1.165) is 5.56 Å². The van der Waals surface area contributed by atoms with Gasteiger partial charge in [-0.25, -0.2) is 0 Å². The molecule has 0 amide bonds. The molecule has 5 heteroatoms. The van der Waals surface area contributed by atoms with Crippen molar-refractivity contribution in [3.8, 4) is 11.9 Å². The molecule has 12 heavy (non-hydrogen) atoms. The highest BCUT2D eigenvalue weighted by atomic mass is 16.6. The Morgan fingerprint density at radius 2 is 2.08 bits per heavy atom. The summed E-state index contributed by atoms with van der Waals surface area (Å²) in [6.45, 7) is 3.54. The van der Waals surface area contributed by atoms with E-state index in [2.05, 4.69) is 15.0 Å². The molecule has 0 atom stereocenters. The second kappa shape index (κ2) is 3.15. The molecule has 0 aliphatic rings. The molecular weight excluding hydrogens is 156 g/mol. The SMILES string of the molecule is Cc1nnc(ON)c(C#N)c1C. The first kappa shape index (κ1) is 8.43. The highest BCUT2D eigenvalue weighted by molar-refractivity contribution is 5.44. The Morgan fingerprint density at radius 3 is 2.58 bits per heavy atom. The molecule has 0 aromatic carbocycles. The summed E-state index contributed by atoms with van der Waals surface area (Å²) in [5.74, 6) is 4.96. The maximum Gasteiger partial charge on any atom is 0.274 e. The summed E-state index contributed by atoms with van der Waals surface area (Å²) in [5.41, 5.74) is 1.78. The van der Waals surface area contributed by atoms with Crippen LogP contribution in [-0.4, -0.2) is 10.2 Å². The third-order valence-corrected chi connectivity index (χ3v) is 1.65. The van der Waals surface area contributed by atoms with Gasteiger partial charge in [-0.2, -0.15) is 16.3 Å². The topological polar surface area (TPSA) is 84.8 Å². The molecule has 0 fully saturated rings. The fourth-order valence-corrected chi connectivity index (χ4v) is 0.801. The van der Waals surface area contributed by atoms with Crippen molar-refractivity contribution in [2.75, 3.05) is 0 Å². The minimum Gasteiger partial charge on any atom is -0.388 e. The first-order chi connectivity index (χ1) is 5.70. The van der Waals surface area contributed by atoms with E-state index in [1.54, 1.807) is 13.8 Å². The largest absolute Gasteiger partial charge is 0.388 e. The van der Waals surface area contributed by atoms with E-state index >= 15 is 0 Å². The van der Waals surface area contributed by atoms with E-state index in [9.17, 15) is 0 Å². The van der Waals surface area contributed by atoms with Crippen LogP contribution in [0.2, 0.25) is 0 Å². The standard InChI is InChI=1S/C7H8N4O/c1-4-5(2)10-11-7(12-9)6(4)3-8/h9H2,1-2H3. The minimum atomic E-state index is 0.0700. The average Bonchev–Trinajstić information content (AvgIpc) is 2.09. The summed E-state index contributed by atoms with van der Waals surface area (Å²) < 4.78 is 0. The van der Waals surface area contributed by atoms with Crippen molar-refractivity contribution in [1.82, 2.24) is 10.2 Å². The lowest BCUT2D eigenvalue weighted by atomic mass is 10.1. The predicted molar refractivity (Wildman–Crippen MR) is 41.0 cm³/mol. The maximum atomic E-state index is 8.70. The van der Waals surface area contributed by atoms with Gasteiger partial charge in [0, 0.05) is 0 Å². The van der Waals surface area contributed by atoms with Crippen LogP contribution in [0.15, 0.2) is 0 Å². The molecule has 0 aliphatic heterocycles. The van der Waals surface area contributed by atoms with Gasteiger partial charge in [-0.05, 0) is 19.4 Å². The summed E-state index contributed by atoms with van der Waals surface area (Å²) in [5, 5.41) is 16.1. The summed E-state index contributed by atoms with van der Waals surface area (Å²) in [6, 6.07) is 1.95. The van der Waals surface area contributed by atoms with Crippen LogP contribution < -0.4 is 10.7 Å². The van der Waals surface area contributed by atoms with E-state index < -0.39 is 0 Å². The van der Waals surface area contributed by atoms with E-state index in [4.69, 9.17) is 11.2 Å². The molecule has 5 nitrogen and oxygen atoms in total. The number of nitrogens with zero attached hydrogens (tertiary/aromatic N) is 3.